The summed E-state index contributed by atoms with van der Waals surface area (Å²) in [6.45, 7) is 0. The molecule has 0 fully saturated rings. The molecule has 0 radical (unpaired) electrons. The Kier molecular flexibility index (Phi) is 1.74. The van der Waals surface area contributed by atoms with Gasteiger partial charge in [0.05, 0.1) is 5.02 Å². The van der Waals surface area contributed by atoms with Gasteiger partial charge in [-0.05, 0) is 6.07 Å². The van der Waals surface area contributed by atoms with Crippen LogP contribution in [-0.2, 0) is 0 Å². The molecule has 0 amide bonds. The van der Waals surface area contributed by atoms with Gasteiger partial charge < -0.3 is 5.11 Å². The average Bonchev–Trinajstić information content (AvgIpc) is 1.95. The quantitative estimate of drug-likeness (QED) is 0.586. The highest BCUT2D eigenvalue weighted by Gasteiger charge is 2.14. The molecule has 10 heavy (non-hydrogen) atoms. The molecule has 0 unspecified atom stereocenters. The Bertz CT molecular complexity index is 292. The molecule has 3 nitrogen and oxygen atoms in total. The normalized spacial score (nSPS) is 8.80. The maximum Gasteiger partial charge on any atom is 0.427 e. The Morgan fingerprint density at radius 2 is 2.20 bits per heavy atom. The van der Waals surface area contributed by atoms with Crippen molar-refractivity contribution >= 4 is 17.3 Å². The number of aromatic hydroxyl groups is 1. The van der Waals surface area contributed by atoms with Crippen LogP contribution < -0.4 is 0 Å². The number of diazo groups is 1. The van der Waals surface area contributed by atoms with E-state index in [0.717, 1.165) is 0 Å². The van der Waals surface area contributed by atoms with Crippen LogP contribution in [-0.4, -0.2) is 5.11 Å². The molecule has 1 N–H and O–H groups in total. The van der Waals surface area contributed by atoms with Crippen molar-refractivity contribution in [1.82, 2.24) is 0 Å². The van der Waals surface area contributed by atoms with Crippen molar-refractivity contribution in [1.29, 1.82) is 5.39 Å². The third kappa shape index (κ3) is 1.02. The summed E-state index contributed by atoms with van der Waals surface area (Å²) in [6.07, 6.45) is 0. The number of para-hydroxylation sites is 1. The highest BCUT2D eigenvalue weighted by Crippen LogP contribution is 2.32. The summed E-state index contributed by atoms with van der Waals surface area (Å²) < 4.78 is 0. The first-order valence-corrected chi connectivity index (χ1v) is 2.96. The van der Waals surface area contributed by atoms with Crippen molar-refractivity contribution in [2.24, 2.45) is 0 Å². The molecule has 0 aliphatic carbocycles. The van der Waals surface area contributed by atoms with Crippen LogP contribution in [0.4, 0.5) is 5.69 Å². The minimum absolute atomic E-state index is 0.0764. The molecule has 50 valence electrons. The number of nitrogens with zero attached hydrogens (tertiary/aromatic N) is 2. The van der Waals surface area contributed by atoms with E-state index in [2.05, 4.69) is 4.98 Å². The zero-order chi connectivity index (χ0) is 7.56. The molecule has 1 rings (SSSR count). The van der Waals surface area contributed by atoms with Crippen LogP contribution in [0.2, 0.25) is 5.02 Å². The van der Waals surface area contributed by atoms with Gasteiger partial charge >= 0.3 is 5.69 Å². The van der Waals surface area contributed by atoms with E-state index in [1.807, 2.05) is 0 Å². The Hall–Kier alpha value is -1.27. The number of hydrogen-bond donors (Lipinski definition) is 1. The van der Waals surface area contributed by atoms with Crippen LogP contribution in [0.25, 0.3) is 4.98 Å². The van der Waals surface area contributed by atoms with Gasteiger partial charge in [-0.15, -0.1) is 0 Å². The van der Waals surface area contributed by atoms with Gasteiger partial charge in [0.25, 0.3) is 0 Å². The molecule has 0 bridgehead atoms. The maximum absolute atomic E-state index is 9.01. The van der Waals surface area contributed by atoms with Crippen LogP contribution >= 0.6 is 11.6 Å². The zero-order valence-electron chi connectivity index (χ0n) is 4.95. The van der Waals surface area contributed by atoms with Crippen LogP contribution in [0.3, 0.4) is 0 Å². The van der Waals surface area contributed by atoms with E-state index in [9.17, 15) is 0 Å². The van der Waals surface area contributed by atoms with Crippen LogP contribution in [0.15, 0.2) is 18.2 Å². The SMILES string of the molecule is N#[N+]c1cccc(Cl)c1O. The average molecular weight is 156 g/mol. The molecule has 0 saturated heterocycles. The number of halogens is 1. The minimum Gasteiger partial charge on any atom is -0.500 e. The summed E-state index contributed by atoms with van der Waals surface area (Å²) in [6, 6.07) is 4.53. The molecule has 0 aliphatic rings. The lowest BCUT2D eigenvalue weighted by Crippen LogP contribution is -1.66. The summed E-state index contributed by atoms with van der Waals surface area (Å²) in [5, 5.41) is 17.4. The number of phenols is 1. The smallest absolute Gasteiger partial charge is 0.427 e. The molecule has 4 heteroatoms. The van der Waals surface area contributed by atoms with Crippen LogP contribution in [0.5, 0.6) is 5.75 Å². The molecule has 1 aromatic carbocycles. The van der Waals surface area contributed by atoms with Crippen molar-refractivity contribution in [3.8, 4) is 5.75 Å². The standard InChI is InChI=1S/C6H3ClN2O/c7-4-2-1-3-5(9-8)6(4)10/h1-3H/p+1. The molecule has 0 aliphatic heterocycles. The number of phenolic OH excluding ortho intramolecular Hbond substituents is 1. The van der Waals surface area contributed by atoms with Gasteiger partial charge in [-0.3, -0.25) is 0 Å². The van der Waals surface area contributed by atoms with Crippen molar-refractivity contribution in [3.05, 3.63) is 28.2 Å². The van der Waals surface area contributed by atoms with Crippen LogP contribution in [0, 0.1) is 5.39 Å². The zero-order valence-corrected chi connectivity index (χ0v) is 5.71. The molecule has 1 aromatic rings. The second kappa shape index (κ2) is 2.54. The highest BCUT2D eigenvalue weighted by molar-refractivity contribution is 6.32. The fraction of sp³-hybridized carbons (Fsp3) is 0. The van der Waals surface area contributed by atoms with E-state index in [1.165, 1.54) is 12.1 Å². The van der Waals surface area contributed by atoms with E-state index in [4.69, 9.17) is 22.1 Å². The monoisotopic (exact) mass is 155 g/mol. The van der Waals surface area contributed by atoms with Gasteiger partial charge in [0, 0.05) is 6.07 Å². The molecule has 0 atom stereocenters. The molecule has 0 spiro atoms. The van der Waals surface area contributed by atoms with E-state index in [1.54, 1.807) is 6.07 Å². The first kappa shape index (κ1) is 6.84. The Balaban J connectivity index is 3.31. The number of hydrogen-bond acceptors (Lipinski definition) is 2. The van der Waals surface area contributed by atoms with Crippen molar-refractivity contribution in [3.63, 3.8) is 0 Å². The van der Waals surface area contributed by atoms with Gasteiger partial charge in [0.15, 0.2) is 4.98 Å². The second-order valence-electron chi connectivity index (χ2n) is 1.71. The molecule has 0 aromatic heterocycles. The highest BCUT2D eigenvalue weighted by atomic mass is 35.5. The van der Waals surface area contributed by atoms with Gasteiger partial charge in [-0.1, -0.05) is 17.7 Å². The third-order valence-corrected chi connectivity index (χ3v) is 1.38. The summed E-state index contributed by atoms with van der Waals surface area (Å²) in [5.74, 6) is -0.202. The lowest BCUT2D eigenvalue weighted by Gasteiger charge is -1.87. The van der Waals surface area contributed by atoms with E-state index in [0.29, 0.717) is 0 Å². The molecule has 0 heterocycles. The third-order valence-electron chi connectivity index (χ3n) is 1.07. The topological polar surface area (TPSA) is 48.4 Å². The molecular weight excluding hydrogens is 152 g/mol. The largest absolute Gasteiger partial charge is 0.500 e. The van der Waals surface area contributed by atoms with Gasteiger partial charge in [-0.25, -0.2) is 0 Å². The van der Waals surface area contributed by atoms with Crippen LogP contribution in [0.1, 0.15) is 0 Å². The number of benzene rings is 1. The van der Waals surface area contributed by atoms with Crippen molar-refractivity contribution in [2.75, 3.05) is 0 Å². The maximum atomic E-state index is 9.01. The van der Waals surface area contributed by atoms with Gasteiger partial charge in [-0.2, -0.15) is 0 Å². The van der Waals surface area contributed by atoms with Gasteiger partial charge in [0.2, 0.25) is 11.1 Å². The molecular formula is C6H4ClN2O+. The Morgan fingerprint density at radius 3 is 2.70 bits per heavy atom. The first-order valence-electron chi connectivity index (χ1n) is 2.58. The second-order valence-corrected chi connectivity index (χ2v) is 2.11. The Labute approximate surface area is 62.5 Å². The van der Waals surface area contributed by atoms with Gasteiger partial charge in [0.1, 0.15) is 0 Å². The minimum atomic E-state index is -0.202. The summed E-state index contributed by atoms with van der Waals surface area (Å²) in [5.41, 5.74) is 0.0764. The summed E-state index contributed by atoms with van der Waals surface area (Å²) in [4.78, 5) is 2.80. The van der Waals surface area contributed by atoms with Crippen molar-refractivity contribution < 1.29 is 5.11 Å². The lowest BCUT2D eigenvalue weighted by molar-refractivity contribution is 0.478. The van der Waals surface area contributed by atoms with E-state index >= 15 is 0 Å². The van der Waals surface area contributed by atoms with E-state index < -0.39 is 0 Å². The predicted molar refractivity (Wildman–Crippen MR) is 37.9 cm³/mol. The summed E-state index contributed by atoms with van der Waals surface area (Å²) >= 11 is 5.47. The fourth-order valence-electron chi connectivity index (χ4n) is 0.585. The first-order chi connectivity index (χ1) is 4.75. The molecule has 0 saturated carbocycles. The predicted octanol–water partition coefficient (Wildman–Crippen LogP) is 2.53. The van der Waals surface area contributed by atoms with Crippen molar-refractivity contribution in [2.45, 2.75) is 0 Å². The van der Waals surface area contributed by atoms with E-state index in [-0.39, 0.29) is 16.5 Å². The summed E-state index contributed by atoms with van der Waals surface area (Å²) in [7, 11) is 0. The lowest BCUT2D eigenvalue weighted by atomic mass is 10.3. The number of rotatable bonds is 0. The fourth-order valence-corrected chi connectivity index (χ4v) is 0.754. The Morgan fingerprint density at radius 1 is 1.50 bits per heavy atom.